The molecule has 0 bridgehead atoms. The molecule has 4 nitrogen and oxygen atoms in total. The summed E-state index contributed by atoms with van der Waals surface area (Å²) in [4.78, 5) is 1.25. The van der Waals surface area contributed by atoms with E-state index in [0.29, 0.717) is 6.54 Å². The highest BCUT2D eigenvalue weighted by Gasteiger charge is 2.16. The van der Waals surface area contributed by atoms with E-state index in [9.17, 15) is 0 Å². The number of aryl methyl sites for hydroxylation is 1. The maximum Gasteiger partial charge on any atom is 0.191 e. The fraction of sp³-hybridized carbons (Fsp3) is 0.333. The molecule has 0 radical (unpaired) electrons. The van der Waals surface area contributed by atoms with Gasteiger partial charge in [-0.05, 0) is 22.0 Å². The molecule has 2 heterocycles. The third-order valence-corrected chi connectivity index (χ3v) is 5.30. The van der Waals surface area contributed by atoms with E-state index in [2.05, 4.69) is 37.6 Å². The quantitative estimate of drug-likeness (QED) is 0.880. The first-order chi connectivity index (χ1) is 7.70. The summed E-state index contributed by atoms with van der Waals surface area (Å²) in [6.07, 6.45) is 1.69. The van der Waals surface area contributed by atoms with Gasteiger partial charge in [-0.15, -0.1) is 21.5 Å². The van der Waals surface area contributed by atoms with Crippen LogP contribution in [0.5, 0.6) is 0 Å². The van der Waals surface area contributed by atoms with Crippen LogP contribution in [0.4, 0.5) is 0 Å². The summed E-state index contributed by atoms with van der Waals surface area (Å²) in [5.74, 6) is 0. The lowest BCUT2D eigenvalue weighted by atomic mass is 10.3. The normalized spacial score (nSPS) is 12.9. The Bertz CT molecular complexity index is 468. The number of thiophene rings is 1. The summed E-state index contributed by atoms with van der Waals surface area (Å²) in [5.41, 5.74) is 5.79. The van der Waals surface area contributed by atoms with E-state index in [-0.39, 0.29) is 5.25 Å². The SMILES string of the molecule is Cn1cnnc1SC(CN)c1cc(Br)cs1. The van der Waals surface area contributed by atoms with Crippen molar-refractivity contribution in [2.75, 3.05) is 6.54 Å². The van der Waals surface area contributed by atoms with Crippen molar-refractivity contribution in [2.45, 2.75) is 10.4 Å². The molecule has 1 unspecified atom stereocenters. The summed E-state index contributed by atoms with van der Waals surface area (Å²) in [7, 11) is 1.93. The van der Waals surface area contributed by atoms with Crippen LogP contribution in [0.2, 0.25) is 0 Å². The number of hydrogen-bond donors (Lipinski definition) is 1. The van der Waals surface area contributed by atoms with Crippen molar-refractivity contribution in [3.63, 3.8) is 0 Å². The maximum absolute atomic E-state index is 5.79. The van der Waals surface area contributed by atoms with Gasteiger partial charge in [-0.2, -0.15) is 0 Å². The van der Waals surface area contributed by atoms with Gasteiger partial charge >= 0.3 is 0 Å². The predicted molar refractivity (Wildman–Crippen MR) is 70.7 cm³/mol. The minimum atomic E-state index is 0.235. The van der Waals surface area contributed by atoms with Crippen LogP contribution in [0.15, 0.2) is 27.4 Å². The number of nitrogens with two attached hydrogens (primary N) is 1. The molecule has 2 aromatic rings. The number of thioether (sulfide) groups is 1. The molecular weight excluding hydrogens is 308 g/mol. The van der Waals surface area contributed by atoms with Crippen LogP contribution in [0.3, 0.4) is 0 Å². The average Bonchev–Trinajstić information content (AvgIpc) is 2.85. The Morgan fingerprint density at radius 1 is 1.69 bits per heavy atom. The molecule has 0 aliphatic heterocycles. The highest BCUT2D eigenvalue weighted by Crippen LogP contribution is 2.37. The van der Waals surface area contributed by atoms with Crippen molar-refractivity contribution in [3.8, 4) is 0 Å². The summed E-state index contributed by atoms with van der Waals surface area (Å²) in [6.45, 7) is 0.588. The van der Waals surface area contributed by atoms with Crippen molar-refractivity contribution in [2.24, 2.45) is 12.8 Å². The molecule has 0 aromatic carbocycles. The topological polar surface area (TPSA) is 56.7 Å². The fourth-order valence-corrected chi connectivity index (χ4v) is 3.82. The molecule has 86 valence electrons. The third kappa shape index (κ3) is 2.65. The molecule has 2 aromatic heterocycles. The van der Waals surface area contributed by atoms with Gasteiger partial charge in [0.05, 0.1) is 5.25 Å². The molecule has 1 atom stereocenters. The van der Waals surface area contributed by atoms with Gasteiger partial charge in [-0.25, -0.2) is 0 Å². The van der Waals surface area contributed by atoms with Crippen molar-refractivity contribution in [1.29, 1.82) is 0 Å². The van der Waals surface area contributed by atoms with Crippen LogP contribution in [0, 0.1) is 0 Å². The zero-order valence-electron chi connectivity index (χ0n) is 8.63. The fourth-order valence-electron chi connectivity index (χ4n) is 1.23. The number of rotatable bonds is 4. The molecule has 0 saturated heterocycles. The van der Waals surface area contributed by atoms with Crippen LogP contribution in [0.25, 0.3) is 0 Å². The number of hydrogen-bond acceptors (Lipinski definition) is 5. The van der Waals surface area contributed by atoms with E-state index in [4.69, 9.17) is 5.73 Å². The van der Waals surface area contributed by atoms with E-state index in [0.717, 1.165) is 9.63 Å². The zero-order chi connectivity index (χ0) is 11.5. The second kappa shape index (κ2) is 5.31. The Balaban J connectivity index is 2.15. The lowest BCUT2D eigenvalue weighted by Gasteiger charge is -2.11. The first kappa shape index (κ1) is 12.1. The molecule has 2 N–H and O–H groups in total. The van der Waals surface area contributed by atoms with Crippen molar-refractivity contribution < 1.29 is 0 Å². The largest absolute Gasteiger partial charge is 0.329 e. The average molecular weight is 319 g/mol. The smallest absolute Gasteiger partial charge is 0.191 e. The van der Waals surface area contributed by atoms with E-state index in [1.165, 1.54) is 4.88 Å². The van der Waals surface area contributed by atoms with E-state index in [1.54, 1.807) is 29.4 Å². The van der Waals surface area contributed by atoms with Crippen LogP contribution >= 0.6 is 39.0 Å². The molecule has 0 amide bonds. The second-order valence-corrected chi connectivity index (χ2v) is 6.26. The Morgan fingerprint density at radius 2 is 2.50 bits per heavy atom. The summed E-state index contributed by atoms with van der Waals surface area (Å²) in [6, 6.07) is 2.10. The van der Waals surface area contributed by atoms with Gasteiger partial charge in [0.25, 0.3) is 0 Å². The van der Waals surface area contributed by atoms with Gasteiger partial charge < -0.3 is 10.3 Å². The Hall–Kier alpha value is -0.370. The van der Waals surface area contributed by atoms with Crippen LogP contribution in [-0.2, 0) is 7.05 Å². The summed E-state index contributed by atoms with van der Waals surface area (Å²) < 4.78 is 3.00. The van der Waals surface area contributed by atoms with Gasteiger partial charge in [0.15, 0.2) is 5.16 Å². The van der Waals surface area contributed by atoms with Gasteiger partial charge in [-0.1, -0.05) is 11.8 Å². The lowest BCUT2D eigenvalue weighted by molar-refractivity contribution is 0.782. The van der Waals surface area contributed by atoms with Crippen molar-refractivity contribution >= 4 is 39.0 Å². The molecule has 0 saturated carbocycles. The molecular formula is C9H11BrN4S2. The van der Waals surface area contributed by atoms with E-state index >= 15 is 0 Å². The monoisotopic (exact) mass is 318 g/mol. The molecule has 2 rings (SSSR count). The summed E-state index contributed by atoms with van der Waals surface area (Å²) >= 11 is 6.80. The van der Waals surface area contributed by atoms with Crippen LogP contribution in [-0.4, -0.2) is 21.3 Å². The Morgan fingerprint density at radius 3 is 3.00 bits per heavy atom. The third-order valence-electron chi connectivity index (χ3n) is 2.04. The zero-order valence-corrected chi connectivity index (χ0v) is 11.8. The van der Waals surface area contributed by atoms with E-state index in [1.807, 2.05) is 11.6 Å². The second-order valence-electron chi connectivity index (χ2n) is 3.23. The molecule has 0 spiro atoms. The maximum atomic E-state index is 5.79. The van der Waals surface area contributed by atoms with E-state index < -0.39 is 0 Å². The molecule has 0 aliphatic carbocycles. The highest BCUT2D eigenvalue weighted by molar-refractivity contribution is 9.10. The van der Waals surface area contributed by atoms with Gasteiger partial charge in [-0.3, -0.25) is 0 Å². The van der Waals surface area contributed by atoms with Gasteiger partial charge in [0, 0.05) is 28.3 Å². The van der Waals surface area contributed by atoms with Crippen molar-refractivity contribution in [1.82, 2.24) is 14.8 Å². The number of nitrogens with zero attached hydrogens (tertiary/aromatic N) is 3. The Kier molecular flexibility index (Phi) is 4.01. The lowest BCUT2D eigenvalue weighted by Crippen LogP contribution is -2.09. The number of aromatic nitrogens is 3. The van der Waals surface area contributed by atoms with Crippen molar-refractivity contribution in [3.05, 3.63) is 27.1 Å². The highest BCUT2D eigenvalue weighted by atomic mass is 79.9. The minimum absolute atomic E-state index is 0.235. The van der Waals surface area contributed by atoms with Crippen LogP contribution < -0.4 is 5.73 Å². The molecule has 7 heteroatoms. The number of halogens is 1. The Labute approximate surface area is 110 Å². The molecule has 0 aliphatic rings. The molecule has 0 fully saturated rings. The van der Waals surface area contributed by atoms with Crippen LogP contribution in [0.1, 0.15) is 10.1 Å². The summed E-state index contributed by atoms with van der Waals surface area (Å²) in [5, 5.41) is 11.1. The first-order valence-corrected chi connectivity index (χ1v) is 7.20. The van der Waals surface area contributed by atoms with Gasteiger partial charge in [0.1, 0.15) is 6.33 Å². The molecule has 16 heavy (non-hydrogen) atoms. The predicted octanol–water partition coefficient (Wildman–Crippen LogP) is 2.43. The van der Waals surface area contributed by atoms with Gasteiger partial charge in [0.2, 0.25) is 0 Å². The minimum Gasteiger partial charge on any atom is -0.329 e. The standard InChI is InChI=1S/C9H11BrN4S2/c1-14-5-12-13-9(14)16-8(3-11)7-2-6(10)4-15-7/h2,4-5,8H,3,11H2,1H3. The first-order valence-electron chi connectivity index (χ1n) is 4.65.